The van der Waals surface area contributed by atoms with Crippen LogP contribution in [0, 0.1) is 0 Å². The van der Waals surface area contributed by atoms with E-state index in [1.54, 1.807) is 0 Å². The lowest BCUT2D eigenvalue weighted by Crippen LogP contribution is -2.42. The van der Waals surface area contributed by atoms with E-state index in [-0.39, 0.29) is 6.10 Å². The number of nitrogens with two attached hydrogens (primary N) is 1. The molecule has 1 saturated heterocycles. The minimum absolute atomic E-state index is 0.153. The molecule has 1 aliphatic heterocycles. The normalized spacial score (nSPS) is 24.2. The summed E-state index contributed by atoms with van der Waals surface area (Å²) in [6, 6.07) is 0.389. The molecule has 0 radical (unpaired) electrons. The van der Waals surface area contributed by atoms with Gasteiger partial charge in [-0.2, -0.15) is 0 Å². The number of aliphatic hydroxyl groups excluding tert-OH is 1. The van der Waals surface area contributed by atoms with Crippen LogP contribution in [0.1, 0.15) is 26.2 Å². The largest absolute Gasteiger partial charge is 0.392 e. The third kappa shape index (κ3) is 3.09. The monoisotopic (exact) mass is 172 g/mol. The standard InChI is InChI=1S/C9H20N2O/c1-2-9(12)7-11-5-3-8(10)4-6-11/h8-9,12H,2-7,10H2,1H3/t9-/m1/s1. The van der Waals surface area contributed by atoms with Crippen molar-refractivity contribution in [3.63, 3.8) is 0 Å². The molecule has 0 unspecified atom stereocenters. The van der Waals surface area contributed by atoms with E-state index in [9.17, 15) is 5.11 Å². The van der Waals surface area contributed by atoms with Crippen LogP contribution in [0.15, 0.2) is 0 Å². The van der Waals surface area contributed by atoms with E-state index in [0.29, 0.717) is 6.04 Å². The van der Waals surface area contributed by atoms with Gasteiger partial charge >= 0.3 is 0 Å². The fourth-order valence-corrected chi connectivity index (χ4v) is 1.56. The number of β-amino-alcohol motifs (C(OH)–C–C–N with tert-alkyl or cyclic N) is 1. The molecule has 0 aromatic carbocycles. The van der Waals surface area contributed by atoms with Crippen LogP contribution in [-0.4, -0.2) is 41.8 Å². The van der Waals surface area contributed by atoms with Gasteiger partial charge in [0, 0.05) is 12.6 Å². The molecule has 3 heteroatoms. The van der Waals surface area contributed by atoms with E-state index in [4.69, 9.17) is 5.73 Å². The lowest BCUT2D eigenvalue weighted by atomic mass is 10.1. The second-order valence-corrected chi connectivity index (χ2v) is 3.70. The maximum absolute atomic E-state index is 9.40. The van der Waals surface area contributed by atoms with Crippen LogP contribution < -0.4 is 5.73 Å². The van der Waals surface area contributed by atoms with Crippen LogP contribution in [0.25, 0.3) is 0 Å². The molecular weight excluding hydrogens is 152 g/mol. The SMILES string of the molecule is CC[C@@H](O)CN1CCC(N)CC1. The Morgan fingerprint density at radius 2 is 2.08 bits per heavy atom. The van der Waals surface area contributed by atoms with Gasteiger partial charge in [0.2, 0.25) is 0 Å². The summed E-state index contributed by atoms with van der Waals surface area (Å²) in [4.78, 5) is 2.30. The van der Waals surface area contributed by atoms with E-state index in [0.717, 1.165) is 38.9 Å². The van der Waals surface area contributed by atoms with Gasteiger partial charge in [0.05, 0.1) is 6.10 Å². The first-order valence-electron chi connectivity index (χ1n) is 4.88. The average molecular weight is 172 g/mol. The van der Waals surface area contributed by atoms with Gasteiger partial charge in [-0.25, -0.2) is 0 Å². The van der Waals surface area contributed by atoms with Crippen molar-refractivity contribution in [2.75, 3.05) is 19.6 Å². The highest BCUT2D eigenvalue weighted by atomic mass is 16.3. The summed E-state index contributed by atoms with van der Waals surface area (Å²) in [5.41, 5.74) is 5.77. The highest BCUT2D eigenvalue weighted by Crippen LogP contribution is 2.08. The maximum atomic E-state index is 9.40. The van der Waals surface area contributed by atoms with Crippen LogP contribution in [0.2, 0.25) is 0 Å². The third-order valence-corrected chi connectivity index (χ3v) is 2.57. The predicted molar refractivity (Wildman–Crippen MR) is 49.9 cm³/mol. The zero-order valence-electron chi connectivity index (χ0n) is 7.87. The molecule has 3 N–H and O–H groups in total. The van der Waals surface area contributed by atoms with E-state index >= 15 is 0 Å². The fourth-order valence-electron chi connectivity index (χ4n) is 1.56. The second-order valence-electron chi connectivity index (χ2n) is 3.70. The Bertz CT molecular complexity index is 122. The molecule has 0 amide bonds. The minimum atomic E-state index is -0.153. The molecule has 0 aromatic heterocycles. The molecule has 0 bridgehead atoms. The summed E-state index contributed by atoms with van der Waals surface area (Å²) >= 11 is 0. The Labute approximate surface area is 74.5 Å². The molecule has 72 valence electrons. The van der Waals surface area contributed by atoms with E-state index in [2.05, 4.69) is 4.90 Å². The molecule has 12 heavy (non-hydrogen) atoms. The first-order valence-corrected chi connectivity index (χ1v) is 4.88. The quantitative estimate of drug-likeness (QED) is 0.638. The van der Waals surface area contributed by atoms with Crippen LogP contribution >= 0.6 is 0 Å². The van der Waals surface area contributed by atoms with E-state index in [1.807, 2.05) is 6.92 Å². The van der Waals surface area contributed by atoms with Crippen molar-refractivity contribution in [1.29, 1.82) is 0 Å². The number of aliphatic hydroxyl groups is 1. The lowest BCUT2D eigenvalue weighted by Gasteiger charge is -2.31. The summed E-state index contributed by atoms with van der Waals surface area (Å²) in [5, 5.41) is 9.40. The minimum Gasteiger partial charge on any atom is -0.392 e. The fraction of sp³-hybridized carbons (Fsp3) is 1.00. The van der Waals surface area contributed by atoms with Gasteiger partial charge in [-0.3, -0.25) is 0 Å². The molecule has 1 atom stereocenters. The number of piperidine rings is 1. The summed E-state index contributed by atoms with van der Waals surface area (Å²) in [6.07, 6.45) is 2.86. The van der Waals surface area contributed by atoms with Crippen molar-refractivity contribution >= 4 is 0 Å². The van der Waals surface area contributed by atoms with Crippen molar-refractivity contribution in [1.82, 2.24) is 4.90 Å². The van der Waals surface area contributed by atoms with Crippen molar-refractivity contribution in [3.8, 4) is 0 Å². The number of hydrogen-bond donors (Lipinski definition) is 2. The Morgan fingerprint density at radius 1 is 1.50 bits per heavy atom. The summed E-state index contributed by atoms with van der Waals surface area (Å²) in [5.74, 6) is 0. The van der Waals surface area contributed by atoms with Crippen LogP contribution in [0.5, 0.6) is 0 Å². The molecule has 0 saturated carbocycles. The number of hydrogen-bond acceptors (Lipinski definition) is 3. The molecule has 3 nitrogen and oxygen atoms in total. The molecular formula is C9H20N2O. The zero-order valence-corrected chi connectivity index (χ0v) is 7.87. The molecule has 0 aromatic rings. The summed E-state index contributed by atoms with van der Waals surface area (Å²) in [7, 11) is 0. The van der Waals surface area contributed by atoms with Crippen LogP contribution in [0.4, 0.5) is 0 Å². The maximum Gasteiger partial charge on any atom is 0.0664 e. The van der Waals surface area contributed by atoms with Gasteiger partial charge in [-0.15, -0.1) is 0 Å². The molecule has 0 spiro atoms. The van der Waals surface area contributed by atoms with Gasteiger partial charge in [0.25, 0.3) is 0 Å². The van der Waals surface area contributed by atoms with E-state index < -0.39 is 0 Å². The Morgan fingerprint density at radius 3 is 2.58 bits per heavy atom. The summed E-state index contributed by atoms with van der Waals surface area (Å²) < 4.78 is 0. The predicted octanol–water partition coefficient (Wildman–Crippen LogP) is 0.180. The Kier molecular flexibility index (Phi) is 3.98. The summed E-state index contributed by atoms with van der Waals surface area (Å²) in [6.45, 7) is 4.94. The average Bonchev–Trinajstić information content (AvgIpc) is 2.09. The number of nitrogens with zero attached hydrogens (tertiary/aromatic N) is 1. The van der Waals surface area contributed by atoms with Crippen LogP contribution in [0.3, 0.4) is 0 Å². The van der Waals surface area contributed by atoms with E-state index in [1.165, 1.54) is 0 Å². The smallest absolute Gasteiger partial charge is 0.0664 e. The molecule has 0 aliphatic carbocycles. The topological polar surface area (TPSA) is 49.5 Å². The molecule has 1 heterocycles. The van der Waals surface area contributed by atoms with Crippen molar-refractivity contribution < 1.29 is 5.11 Å². The van der Waals surface area contributed by atoms with Crippen molar-refractivity contribution in [2.45, 2.75) is 38.3 Å². The first-order chi connectivity index (χ1) is 5.72. The number of likely N-dealkylation sites (tertiary alicyclic amines) is 1. The van der Waals surface area contributed by atoms with Gasteiger partial charge in [-0.05, 0) is 32.4 Å². The molecule has 1 aliphatic rings. The Hall–Kier alpha value is -0.120. The van der Waals surface area contributed by atoms with Gasteiger partial charge in [0.15, 0.2) is 0 Å². The highest BCUT2D eigenvalue weighted by Gasteiger charge is 2.17. The Balaban J connectivity index is 2.17. The third-order valence-electron chi connectivity index (χ3n) is 2.57. The van der Waals surface area contributed by atoms with Crippen molar-refractivity contribution in [3.05, 3.63) is 0 Å². The highest BCUT2D eigenvalue weighted by molar-refractivity contribution is 4.75. The first kappa shape index (κ1) is 9.96. The second kappa shape index (κ2) is 4.80. The van der Waals surface area contributed by atoms with Crippen molar-refractivity contribution in [2.24, 2.45) is 5.73 Å². The number of rotatable bonds is 3. The van der Waals surface area contributed by atoms with Gasteiger partial charge in [0.1, 0.15) is 0 Å². The molecule has 1 fully saturated rings. The van der Waals surface area contributed by atoms with Gasteiger partial charge < -0.3 is 15.7 Å². The van der Waals surface area contributed by atoms with Crippen LogP contribution in [-0.2, 0) is 0 Å². The lowest BCUT2D eigenvalue weighted by molar-refractivity contribution is 0.0948. The zero-order chi connectivity index (χ0) is 8.97. The molecule has 1 rings (SSSR count). The van der Waals surface area contributed by atoms with Gasteiger partial charge in [-0.1, -0.05) is 6.92 Å².